The Morgan fingerprint density at radius 3 is 2.46 bits per heavy atom. The Kier molecular flexibility index (Phi) is 6.54. The van der Waals surface area contributed by atoms with Crippen molar-refractivity contribution in [3.05, 3.63) is 29.8 Å². The number of methoxy groups -OCH3 is 1. The van der Waals surface area contributed by atoms with E-state index in [-0.39, 0.29) is 17.7 Å². The molecule has 0 bridgehead atoms. The fraction of sp³-hybridized carbons (Fsp3) is 0.611. The largest absolute Gasteiger partial charge is 0.496 e. The molecule has 1 N–H and O–H groups in total. The van der Waals surface area contributed by atoms with Gasteiger partial charge in [-0.25, -0.2) is 8.78 Å². The normalized spacial score (nSPS) is 17.5. The van der Waals surface area contributed by atoms with Gasteiger partial charge in [-0.2, -0.15) is 0 Å². The molecule has 1 aliphatic rings. The number of hydrogen-bond acceptors (Lipinski definition) is 3. The fourth-order valence-electron chi connectivity index (χ4n) is 2.90. The molecular weight excluding hydrogens is 314 g/mol. The van der Waals surface area contributed by atoms with Crippen molar-refractivity contribution >= 4 is 5.91 Å². The van der Waals surface area contributed by atoms with E-state index < -0.39 is 12.5 Å². The van der Waals surface area contributed by atoms with Crippen molar-refractivity contribution in [2.24, 2.45) is 11.8 Å². The van der Waals surface area contributed by atoms with Gasteiger partial charge >= 0.3 is 0 Å². The first kappa shape index (κ1) is 18.6. The molecule has 134 valence electrons. The van der Waals surface area contributed by atoms with Gasteiger partial charge in [0.15, 0.2) is 0 Å². The summed E-state index contributed by atoms with van der Waals surface area (Å²) in [6.45, 7) is 6.46. The number of ether oxygens (including phenoxy) is 1. The van der Waals surface area contributed by atoms with E-state index in [0.29, 0.717) is 17.9 Å². The number of halogens is 2. The summed E-state index contributed by atoms with van der Waals surface area (Å²) in [6.07, 6.45) is -1.57. The van der Waals surface area contributed by atoms with Crippen molar-refractivity contribution in [2.75, 3.05) is 26.7 Å². The zero-order valence-corrected chi connectivity index (χ0v) is 14.5. The number of benzene rings is 1. The second-order valence-corrected chi connectivity index (χ2v) is 6.57. The lowest BCUT2D eigenvalue weighted by Gasteiger charge is -2.35. The average molecular weight is 340 g/mol. The third-order valence-corrected chi connectivity index (χ3v) is 4.57. The minimum absolute atomic E-state index is 0.0848. The molecule has 0 aromatic heterocycles. The van der Waals surface area contributed by atoms with E-state index in [1.807, 2.05) is 13.8 Å². The molecule has 0 radical (unpaired) electrons. The SMILES string of the molecule is COc1ccccc1C(NC(=O)[C@H](CN1CCC1)C(C)C)C(F)F. The van der Waals surface area contributed by atoms with Crippen LogP contribution in [-0.4, -0.2) is 44.0 Å². The minimum atomic E-state index is -2.71. The molecule has 2 atom stereocenters. The summed E-state index contributed by atoms with van der Waals surface area (Å²) in [4.78, 5) is 14.8. The van der Waals surface area contributed by atoms with Gasteiger partial charge in [-0.05, 0) is 31.5 Å². The molecular formula is C18H26F2N2O2. The van der Waals surface area contributed by atoms with Crippen LogP contribution in [0.25, 0.3) is 0 Å². The maximum absolute atomic E-state index is 13.6. The van der Waals surface area contributed by atoms with Gasteiger partial charge in [0.1, 0.15) is 11.8 Å². The van der Waals surface area contributed by atoms with E-state index in [1.54, 1.807) is 24.3 Å². The smallest absolute Gasteiger partial charge is 0.262 e. The maximum Gasteiger partial charge on any atom is 0.262 e. The van der Waals surface area contributed by atoms with Gasteiger partial charge in [-0.1, -0.05) is 32.0 Å². The second-order valence-electron chi connectivity index (χ2n) is 6.57. The van der Waals surface area contributed by atoms with Crippen LogP contribution in [-0.2, 0) is 4.79 Å². The number of carbonyl (C=O) groups is 1. The maximum atomic E-state index is 13.6. The first-order valence-electron chi connectivity index (χ1n) is 8.37. The van der Waals surface area contributed by atoms with E-state index in [1.165, 1.54) is 7.11 Å². The predicted octanol–water partition coefficient (Wildman–Crippen LogP) is 3.10. The molecule has 2 rings (SSSR count). The van der Waals surface area contributed by atoms with Crippen molar-refractivity contribution in [2.45, 2.75) is 32.7 Å². The Hall–Kier alpha value is -1.69. The summed E-state index contributed by atoms with van der Waals surface area (Å²) >= 11 is 0. The topological polar surface area (TPSA) is 41.6 Å². The molecule has 1 heterocycles. The average Bonchev–Trinajstić information content (AvgIpc) is 2.50. The van der Waals surface area contributed by atoms with Crippen molar-refractivity contribution < 1.29 is 18.3 Å². The molecule has 0 spiro atoms. The molecule has 1 aliphatic heterocycles. The molecule has 4 nitrogen and oxygen atoms in total. The predicted molar refractivity (Wildman–Crippen MR) is 89.3 cm³/mol. The van der Waals surface area contributed by atoms with E-state index >= 15 is 0 Å². The number of hydrogen-bond donors (Lipinski definition) is 1. The summed E-state index contributed by atoms with van der Waals surface area (Å²) in [5.74, 6) is -0.192. The molecule has 0 aliphatic carbocycles. The van der Waals surface area contributed by atoms with Gasteiger partial charge in [0.25, 0.3) is 6.43 Å². The third kappa shape index (κ3) is 4.44. The Morgan fingerprint density at radius 2 is 1.96 bits per heavy atom. The summed E-state index contributed by atoms with van der Waals surface area (Å²) < 4.78 is 32.3. The van der Waals surface area contributed by atoms with Crippen molar-refractivity contribution in [3.8, 4) is 5.75 Å². The molecule has 1 aromatic rings. The van der Waals surface area contributed by atoms with Crippen LogP contribution in [0.2, 0.25) is 0 Å². The summed E-state index contributed by atoms with van der Waals surface area (Å²) in [5.41, 5.74) is 0.301. The van der Waals surface area contributed by atoms with E-state index in [0.717, 1.165) is 19.5 Å². The number of para-hydroxylation sites is 1. The Balaban J connectivity index is 2.14. The lowest BCUT2D eigenvalue weighted by atomic mass is 9.92. The Labute approximate surface area is 142 Å². The summed E-state index contributed by atoms with van der Waals surface area (Å²) in [6, 6.07) is 5.20. The van der Waals surface area contributed by atoms with Crippen LogP contribution >= 0.6 is 0 Å². The van der Waals surface area contributed by atoms with Gasteiger partial charge in [0.05, 0.1) is 13.0 Å². The number of amides is 1. The van der Waals surface area contributed by atoms with Gasteiger partial charge in [0, 0.05) is 12.1 Å². The molecule has 1 aromatic carbocycles. The Morgan fingerprint density at radius 1 is 1.29 bits per heavy atom. The lowest BCUT2D eigenvalue weighted by molar-refractivity contribution is -0.129. The number of carbonyl (C=O) groups excluding carboxylic acids is 1. The lowest BCUT2D eigenvalue weighted by Crippen LogP contribution is -2.47. The second kappa shape index (κ2) is 8.42. The number of rotatable bonds is 8. The quantitative estimate of drug-likeness (QED) is 0.791. The molecule has 1 saturated heterocycles. The van der Waals surface area contributed by atoms with Crippen LogP contribution in [0.3, 0.4) is 0 Å². The molecule has 0 saturated carbocycles. The van der Waals surface area contributed by atoms with Crippen molar-refractivity contribution in [3.63, 3.8) is 0 Å². The highest BCUT2D eigenvalue weighted by Gasteiger charge is 2.32. The third-order valence-electron chi connectivity index (χ3n) is 4.57. The standard InChI is InChI=1S/C18H26F2N2O2/c1-12(2)14(11-22-9-6-10-22)18(23)21-16(17(19)20)13-7-4-5-8-15(13)24-3/h4-5,7-8,12,14,16-17H,6,9-11H2,1-3H3,(H,21,23)/t14-,16?/m1/s1. The van der Waals surface area contributed by atoms with E-state index in [9.17, 15) is 13.6 Å². The molecule has 1 unspecified atom stereocenters. The van der Waals surface area contributed by atoms with Crippen LogP contribution in [0.5, 0.6) is 5.75 Å². The monoisotopic (exact) mass is 340 g/mol. The zero-order valence-electron chi connectivity index (χ0n) is 14.5. The van der Waals surface area contributed by atoms with Crippen LogP contribution in [0.15, 0.2) is 24.3 Å². The molecule has 6 heteroatoms. The van der Waals surface area contributed by atoms with Gasteiger partial charge < -0.3 is 15.0 Å². The summed E-state index contributed by atoms with van der Waals surface area (Å²) in [7, 11) is 1.43. The van der Waals surface area contributed by atoms with Gasteiger partial charge in [-0.15, -0.1) is 0 Å². The highest BCUT2D eigenvalue weighted by atomic mass is 19.3. The summed E-state index contributed by atoms with van der Waals surface area (Å²) in [5, 5.41) is 2.55. The number of nitrogens with zero attached hydrogens (tertiary/aromatic N) is 1. The molecule has 1 amide bonds. The molecule has 24 heavy (non-hydrogen) atoms. The van der Waals surface area contributed by atoms with Crippen LogP contribution in [0.1, 0.15) is 31.9 Å². The van der Waals surface area contributed by atoms with E-state index in [4.69, 9.17) is 4.74 Å². The first-order valence-corrected chi connectivity index (χ1v) is 8.37. The number of alkyl halides is 2. The van der Waals surface area contributed by atoms with Crippen LogP contribution < -0.4 is 10.1 Å². The van der Waals surface area contributed by atoms with Gasteiger partial charge in [0.2, 0.25) is 5.91 Å². The highest BCUT2D eigenvalue weighted by Crippen LogP contribution is 2.30. The first-order chi connectivity index (χ1) is 11.4. The van der Waals surface area contributed by atoms with Crippen LogP contribution in [0, 0.1) is 11.8 Å². The number of likely N-dealkylation sites (tertiary alicyclic amines) is 1. The van der Waals surface area contributed by atoms with Gasteiger partial charge in [-0.3, -0.25) is 4.79 Å². The fourth-order valence-corrected chi connectivity index (χ4v) is 2.90. The zero-order chi connectivity index (χ0) is 17.7. The van der Waals surface area contributed by atoms with E-state index in [2.05, 4.69) is 10.2 Å². The van der Waals surface area contributed by atoms with Crippen molar-refractivity contribution in [1.29, 1.82) is 0 Å². The highest BCUT2D eigenvalue weighted by molar-refractivity contribution is 5.79. The Bertz CT molecular complexity index is 548. The number of nitrogens with one attached hydrogen (secondary N) is 1. The van der Waals surface area contributed by atoms with Crippen LogP contribution in [0.4, 0.5) is 8.78 Å². The van der Waals surface area contributed by atoms with Crippen molar-refractivity contribution in [1.82, 2.24) is 10.2 Å². The minimum Gasteiger partial charge on any atom is -0.496 e. The molecule has 1 fully saturated rings.